The Bertz CT molecular complexity index is 3970. The molecule has 0 N–H and O–H groups in total. The van der Waals surface area contributed by atoms with Crippen molar-refractivity contribution in [2.45, 2.75) is 25.7 Å². The fourth-order valence-corrected chi connectivity index (χ4v) is 11.8. The van der Waals surface area contributed by atoms with Crippen molar-refractivity contribution in [3.8, 4) is 22.3 Å². The maximum absolute atomic E-state index is 6.64. The van der Waals surface area contributed by atoms with Gasteiger partial charge in [0.25, 0.3) is 0 Å². The first-order chi connectivity index (χ1) is 31.0. The lowest BCUT2D eigenvalue weighted by atomic mass is 9.71. The van der Waals surface area contributed by atoms with Gasteiger partial charge in [-0.1, -0.05) is 166 Å². The van der Waals surface area contributed by atoms with Crippen molar-refractivity contribution in [2.24, 2.45) is 5.92 Å². The molecule has 1 atom stereocenters. The van der Waals surface area contributed by atoms with Gasteiger partial charge >= 0.3 is 0 Å². The maximum Gasteiger partial charge on any atom is 0.143 e. The van der Waals surface area contributed by atoms with Gasteiger partial charge in [-0.25, -0.2) is 0 Å². The molecule has 10 aromatic carbocycles. The molecule has 0 radical (unpaired) electrons. The number of benzene rings is 10. The van der Waals surface area contributed by atoms with Crippen molar-refractivity contribution < 1.29 is 8.83 Å². The van der Waals surface area contributed by atoms with E-state index < -0.39 is 0 Å². The lowest BCUT2D eigenvalue weighted by Crippen LogP contribution is -2.25. The summed E-state index contributed by atoms with van der Waals surface area (Å²) >= 11 is 0. The van der Waals surface area contributed by atoms with Crippen LogP contribution in [-0.2, 0) is 5.41 Å². The van der Waals surface area contributed by atoms with E-state index in [1.54, 1.807) is 0 Å². The third kappa shape index (κ3) is 4.84. The molecule has 2 nitrogen and oxygen atoms in total. The largest absolute Gasteiger partial charge is 0.456 e. The maximum atomic E-state index is 6.64. The van der Waals surface area contributed by atoms with Gasteiger partial charge in [0.05, 0.1) is 0 Å². The number of hydrogen-bond acceptors (Lipinski definition) is 2. The normalized spacial score (nSPS) is 15.9. The second-order valence-electron chi connectivity index (χ2n) is 18.3. The van der Waals surface area contributed by atoms with Crippen LogP contribution >= 0.6 is 0 Å². The Morgan fingerprint density at radius 3 is 1.76 bits per heavy atom. The molecule has 0 bridgehead atoms. The van der Waals surface area contributed by atoms with Gasteiger partial charge in [0.1, 0.15) is 22.3 Å². The molecule has 0 fully saturated rings. The second kappa shape index (κ2) is 12.7. The van der Waals surface area contributed by atoms with Crippen molar-refractivity contribution in [1.29, 1.82) is 0 Å². The van der Waals surface area contributed by atoms with Gasteiger partial charge < -0.3 is 8.83 Å². The Morgan fingerprint density at radius 1 is 0.413 bits per heavy atom. The van der Waals surface area contributed by atoms with E-state index in [0.717, 1.165) is 55.7 Å². The van der Waals surface area contributed by atoms with Crippen molar-refractivity contribution in [2.75, 3.05) is 0 Å². The minimum Gasteiger partial charge on any atom is -0.456 e. The highest BCUT2D eigenvalue weighted by Crippen LogP contribution is 2.57. The number of rotatable bonds is 3. The first kappa shape index (κ1) is 35.0. The van der Waals surface area contributed by atoms with E-state index >= 15 is 0 Å². The molecule has 0 aliphatic heterocycles. The predicted molar refractivity (Wildman–Crippen MR) is 265 cm³/mol. The van der Waals surface area contributed by atoms with Gasteiger partial charge in [-0.15, -0.1) is 0 Å². The number of allylic oxidation sites excluding steroid dienone is 4. The highest BCUT2D eigenvalue weighted by molar-refractivity contribution is 6.24. The topological polar surface area (TPSA) is 26.3 Å². The molecule has 14 rings (SSSR count). The summed E-state index contributed by atoms with van der Waals surface area (Å²) < 4.78 is 13.1. The molecule has 1 unspecified atom stereocenters. The molecule has 2 heteroatoms. The van der Waals surface area contributed by atoms with Crippen molar-refractivity contribution in [3.63, 3.8) is 0 Å². The quantitative estimate of drug-likeness (QED) is 0.166. The summed E-state index contributed by atoms with van der Waals surface area (Å²) in [5.41, 5.74) is 15.5. The van der Waals surface area contributed by atoms with E-state index in [0.29, 0.717) is 5.92 Å². The first-order valence-electron chi connectivity index (χ1n) is 22.2. The summed E-state index contributed by atoms with van der Waals surface area (Å²) in [7, 11) is 0. The molecule has 0 spiro atoms. The van der Waals surface area contributed by atoms with Crippen LogP contribution in [0.25, 0.3) is 120 Å². The van der Waals surface area contributed by atoms with E-state index in [9.17, 15) is 0 Å². The highest BCUT2D eigenvalue weighted by atomic mass is 16.3. The molecular formula is C61H40O2. The highest BCUT2D eigenvalue weighted by Gasteiger charge is 2.44. The van der Waals surface area contributed by atoms with Crippen LogP contribution in [0.2, 0.25) is 0 Å². The Morgan fingerprint density at radius 2 is 1.02 bits per heavy atom. The standard InChI is InChI=1S/C61H40O2/c1-61(2)53-30-36(48-32-51-42-18-10-12-25-56(42)63-60(51)52-34-57-50(33-49(48)52)41-17-9-11-24-55(41)62-57)26-28-39(53)40-29-27-37(31-54(40)61)58-44-19-5-7-21-46(44)59(47-22-8-6-20-45(47)58)43-23-13-15-35-14-3-4-16-38(35)43/h3-30,32-34,54H,31H2,1-2H3. The zero-order chi connectivity index (χ0) is 41.6. The Hall–Kier alpha value is -7.68. The van der Waals surface area contributed by atoms with Gasteiger partial charge in [-0.05, 0) is 142 Å². The van der Waals surface area contributed by atoms with Crippen LogP contribution in [0, 0.1) is 5.92 Å². The van der Waals surface area contributed by atoms with Crippen molar-refractivity contribution in [3.05, 3.63) is 205 Å². The SMILES string of the molecule is CC1(C)c2cc(-c3cc4c5ccccc5oc4c4cc5oc6ccccc6c5cc34)ccc2C2=CC=C(c3c4ccccc4c(-c4cccc5ccccc45)c4ccccc34)CC21. The fraction of sp³-hybridized carbons (Fsp3) is 0.0820. The molecule has 0 saturated heterocycles. The lowest BCUT2D eigenvalue weighted by molar-refractivity contribution is 0.419. The summed E-state index contributed by atoms with van der Waals surface area (Å²) in [6, 6.07) is 64.6. The van der Waals surface area contributed by atoms with Gasteiger partial charge in [0.15, 0.2) is 0 Å². The monoisotopic (exact) mass is 804 g/mol. The summed E-state index contributed by atoms with van der Waals surface area (Å²) in [5, 5.41) is 14.5. The van der Waals surface area contributed by atoms with E-state index in [-0.39, 0.29) is 5.41 Å². The summed E-state index contributed by atoms with van der Waals surface area (Å²) in [6.07, 6.45) is 5.84. The number of hydrogen-bond donors (Lipinski definition) is 0. The third-order valence-corrected chi connectivity index (χ3v) is 14.8. The number of fused-ring (bicyclic) bond motifs is 14. The zero-order valence-electron chi connectivity index (χ0n) is 35.0. The van der Waals surface area contributed by atoms with Crippen LogP contribution in [-0.4, -0.2) is 0 Å². The average molecular weight is 805 g/mol. The van der Waals surface area contributed by atoms with Crippen LogP contribution in [0.3, 0.4) is 0 Å². The lowest BCUT2D eigenvalue weighted by Gasteiger charge is -2.32. The van der Waals surface area contributed by atoms with Crippen molar-refractivity contribution >= 4 is 98.1 Å². The third-order valence-electron chi connectivity index (χ3n) is 14.8. The van der Waals surface area contributed by atoms with E-state index in [4.69, 9.17) is 8.83 Å². The minimum atomic E-state index is -0.110. The summed E-state index contributed by atoms with van der Waals surface area (Å²) in [4.78, 5) is 0. The smallest absolute Gasteiger partial charge is 0.143 e. The molecule has 0 amide bonds. The minimum absolute atomic E-state index is 0.110. The van der Waals surface area contributed by atoms with Crippen LogP contribution in [0.1, 0.15) is 37.0 Å². The molecule has 12 aromatic rings. The molecule has 0 saturated carbocycles. The zero-order valence-corrected chi connectivity index (χ0v) is 35.0. The molecule has 63 heavy (non-hydrogen) atoms. The number of para-hydroxylation sites is 2. The van der Waals surface area contributed by atoms with Crippen LogP contribution in [0.15, 0.2) is 197 Å². The molecular weight excluding hydrogens is 765 g/mol. The van der Waals surface area contributed by atoms with Gasteiger partial charge in [-0.2, -0.15) is 0 Å². The van der Waals surface area contributed by atoms with E-state index in [1.165, 1.54) is 87.8 Å². The predicted octanol–water partition coefficient (Wildman–Crippen LogP) is 17.2. The molecule has 296 valence electrons. The Kier molecular flexibility index (Phi) is 7.04. The number of furan rings is 2. The second-order valence-corrected chi connectivity index (χ2v) is 18.3. The summed E-state index contributed by atoms with van der Waals surface area (Å²) in [5.74, 6) is 0.326. The molecule has 2 aliphatic rings. The molecule has 2 heterocycles. The average Bonchev–Trinajstić information content (AvgIpc) is 3.96. The fourth-order valence-electron chi connectivity index (χ4n) is 11.8. The van der Waals surface area contributed by atoms with Crippen LogP contribution < -0.4 is 0 Å². The van der Waals surface area contributed by atoms with E-state index in [1.807, 2.05) is 6.07 Å². The summed E-state index contributed by atoms with van der Waals surface area (Å²) in [6.45, 7) is 4.94. The molecule has 2 aliphatic carbocycles. The Labute approximate surface area is 364 Å². The van der Waals surface area contributed by atoms with Gasteiger partial charge in [0, 0.05) is 26.9 Å². The van der Waals surface area contributed by atoms with Gasteiger partial charge in [-0.3, -0.25) is 0 Å². The molecule has 2 aromatic heterocycles. The van der Waals surface area contributed by atoms with Crippen LogP contribution in [0.5, 0.6) is 0 Å². The van der Waals surface area contributed by atoms with E-state index in [2.05, 4.69) is 196 Å². The van der Waals surface area contributed by atoms with Crippen molar-refractivity contribution in [1.82, 2.24) is 0 Å². The Balaban J connectivity index is 0.939. The van der Waals surface area contributed by atoms with Gasteiger partial charge in [0.2, 0.25) is 0 Å². The first-order valence-corrected chi connectivity index (χ1v) is 22.2. The van der Waals surface area contributed by atoms with Crippen LogP contribution in [0.4, 0.5) is 0 Å².